The van der Waals surface area contributed by atoms with Gasteiger partial charge in [0.05, 0.1) is 6.61 Å². The van der Waals surface area contributed by atoms with Crippen LogP contribution in [0.5, 0.6) is 5.75 Å². The standard InChI is InChI=1S/C23H30N6O4/c1-6-25-21(32)18-9-14(2)20-27-28(22(24)29(20)26-18)13-19(31)15-10-16(23(3,4)5)12-17(11-15)33-8-7-30/h9-12,24,30H,6-8,13H2,1-5H3,(H,25,32). The first-order chi connectivity index (χ1) is 15.5. The van der Waals surface area contributed by atoms with Crippen LogP contribution in [0.25, 0.3) is 5.65 Å². The summed E-state index contributed by atoms with van der Waals surface area (Å²) in [5.74, 6) is -0.0962. The Kier molecular flexibility index (Phi) is 6.97. The highest BCUT2D eigenvalue weighted by molar-refractivity contribution is 5.96. The largest absolute Gasteiger partial charge is 0.491 e. The number of aryl methyl sites for hydroxylation is 1. The Morgan fingerprint density at radius 3 is 2.55 bits per heavy atom. The zero-order valence-corrected chi connectivity index (χ0v) is 19.6. The number of hydrogen-bond acceptors (Lipinski definition) is 7. The third kappa shape index (κ3) is 5.28. The molecule has 0 fully saturated rings. The molecule has 0 saturated heterocycles. The molecule has 0 radical (unpaired) electrons. The SMILES string of the molecule is CCNC(=O)c1cc(C)c2nn(CC(=O)c3cc(OCCO)cc(C(C)(C)C)c3)c(=N)n2n1. The van der Waals surface area contributed by atoms with Gasteiger partial charge in [-0.15, -0.1) is 5.10 Å². The lowest BCUT2D eigenvalue weighted by Gasteiger charge is -2.21. The second-order valence-corrected chi connectivity index (χ2v) is 8.78. The van der Waals surface area contributed by atoms with Crippen molar-refractivity contribution in [3.63, 3.8) is 0 Å². The summed E-state index contributed by atoms with van der Waals surface area (Å²) in [6, 6.07) is 6.90. The van der Waals surface area contributed by atoms with Gasteiger partial charge in [-0.1, -0.05) is 20.8 Å². The lowest BCUT2D eigenvalue weighted by atomic mass is 9.85. The van der Waals surface area contributed by atoms with Crippen LogP contribution in [0.3, 0.4) is 0 Å². The van der Waals surface area contributed by atoms with Crippen LogP contribution >= 0.6 is 0 Å². The Morgan fingerprint density at radius 1 is 1.18 bits per heavy atom. The number of aliphatic hydroxyl groups is 1. The number of nitrogens with one attached hydrogen (secondary N) is 2. The van der Waals surface area contributed by atoms with E-state index in [1.165, 1.54) is 9.20 Å². The van der Waals surface area contributed by atoms with Crippen LogP contribution in [0.4, 0.5) is 0 Å². The zero-order chi connectivity index (χ0) is 24.3. The average Bonchev–Trinajstić information content (AvgIpc) is 3.07. The van der Waals surface area contributed by atoms with Crippen LogP contribution in [-0.4, -0.2) is 56.0 Å². The van der Waals surface area contributed by atoms with E-state index >= 15 is 0 Å². The van der Waals surface area contributed by atoms with E-state index in [2.05, 4.69) is 15.5 Å². The summed E-state index contributed by atoms with van der Waals surface area (Å²) in [4.78, 5) is 25.3. The third-order valence-electron chi connectivity index (χ3n) is 5.09. The predicted molar refractivity (Wildman–Crippen MR) is 122 cm³/mol. The molecular formula is C23H30N6O4. The number of amides is 1. The molecule has 0 spiro atoms. The molecule has 0 unspecified atom stereocenters. The molecule has 0 bridgehead atoms. The summed E-state index contributed by atoms with van der Waals surface area (Å²) in [6.07, 6.45) is 0. The van der Waals surface area contributed by atoms with Crippen molar-refractivity contribution in [2.24, 2.45) is 0 Å². The van der Waals surface area contributed by atoms with Crippen LogP contribution in [-0.2, 0) is 12.0 Å². The number of Topliss-reactive ketones (excluding diaryl/α,β-unsaturated/α-hetero) is 1. The number of nitrogens with zero attached hydrogens (tertiary/aromatic N) is 4. The fraction of sp³-hybridized carbons (Fsp3) is 0.435. The molecule has 2 aromatic heterocycles. The second kappa shape index (κ2) is 9.53. The molecule has 3 rings (SSSR count). The number of fused-ring (bicyclic) bond motifs is 1. The highest BCUT2D eigenvalue weighted by Gasteiger charge is 2.20. The first-order valence-electron chi connectivity index (χ1n) is 10.8. The number of rotatable bonds is 8. The summed E-state index contributed by atoms with van der Waals surface area (Å²) < 4.78 is 8.08. The lowest BCUT2D eigenvalue weighted by molar-refractivity contribution is 0.0944. The summed E-state index contributed by atoms with van der Waals surface area (Å²) in [5.41, 5.74) is 2.24. The number of hydrogen-bond donors (Lipinski definition) is 3. The normalized spacial score (nSPS) is 11.6. The van der Waals surface area contributed by atoms with Crippen LogP contribution < -0.4 is 15.7 Å². The third-order valence-corrected chi connectivity index (χ3v) is 5.09. The van der Waals surface area contributed by atoms with E-state index in [9.17, 15) is 9.59 Å². The number of carbonyl (C=O) groups is 2. The number of ether oxygens (including phenoxy) is 1. The fourth-order valence-corrected chi connectivity index (χ4v) is 3.30. The minimum absolute atomic E-state index is 0.115. The highest BCUT2D eigenvalue weighted by Crippen LogP contribution is 2.28. The van der Waals surface area contributed by atoms with E-state index in [1.807, 2.05) is 39.8 Å². The molecule has 1 amide bonds. The highest BCUT2D eigenvalue weighted by atomic mass is 16.5. The molecule has 0 aliphatic heterocycles. The van der Waals surface area contributed by atoms with E-state index in [4.69, 9.17) is 15.3 Å². The smallest absolute Gasteiger partial charge is 0.271 e. The van der Waals surface area contributed by atoms with E-state index in [1.54, 1.807) is 19.1 Å². The summed E-state index contributed by atoms with van der Waals surface area (Å²) >= 11 is 0. The monoisotopic (exact) mass is 454 g/mol. The van der Waals surface area contributed by atoms with Gasteiger partial charge in [0.1, 0.15) is 24.6 Å². The minimum Gasteiger partial charge on any atom is -0.491 e. The number of aliphatic hydroxyl groups excluding tert-OH is 1. The number of ketones is 1. The van der Waals surface area contributed by atoms with Gasteiger partial charge in [-0.3, -0.25) is 15.0 Å². The molecule has 1 aromatic carbocycles. The van der Waals surface area contributed by atoms with Crippen molar-refractivity contribution in [2.45, 2.75) is 46.6 Å². The van der Waals surface area contributed by atoms with Crippen LogP contribution in [0.15, 0.2) is 24.3 Å². The molecule has 10 heteroatoms. The fourth-order valence-electron chi connectivity index (χ4n) is 3.30. The Morgan fingerprint density at radius 2 is 1.91 bits per heavy atom. The van der Waals surface area contributed by atoms with Gasteiger partial charge in [0.2, 0.25) is 5.62 Å². The molecular weight excluding hydrogens is 424 g/mol. The number of benzene rings is 1. The van der Waals surface area contributed by atoms with E-state index in [0.717, 1.165) is 5.56 Å². The minimum atomic E-state index is -0.340. The van der Waals surface area contributed by atoms with Crippen molar-refractivity contribution >= 4 is 17.3 Å². The second-order valence-electron chi connectivity index (χ2n) is 8.78. The van der Waals surface area contributed by atoms with Crippen LogP contribution in [0.2, 0.25) is 0 Å². The van der Waals surface area contributed by atoms with Gasteiger partial charge in [0, 0.05) is 12.1 Å². The van der Waals surface area contributed by atoms with Gasteiger partial charge in [0.25, 0.3) is 5.91 Å². The molecule has 10 nitrogen and oxygen atoms in total. The Balaban J connectivity index is 1.98. The van der Waals surface area contributed by atoms with Crippen molar-refractivity contribution in [2.75, 3.05) is 19.8 Å². The van der Waals surface area contributed by atoms with Gasteiger partial charge in [-0.2, -0.15) is 9.61 Å². The van der Waals surface area contributed by atoms with Crippen molar-refractivity contribution < 1.29 is 19.4 Å². The average molecular weight is 455 g/mol. The van der Waals surface area contributed by atoms with Crippen molar-refractivity contribution in [3.8, 4) is 5.75 Å². The zero-order valence-electron chi connectivity index (χ0n) is 19.6. The molecule has 0 saturated carbocycles. The first-order valence-corrected chi connectivity index (χ1v) is 10.8. The summed E-state index contributed by atoms with van der Waals surface area (Å²) in [7, 11) is 0. The van der Waals surface area contributed by atoms with Crippen LogP contribution in [0.1, 0.15) is 59.7 Å². The van der Waals surface area contributed by atoms with Crippen LogP contribution in [0, 0.1) is 12.3 Å². The Bertz CT molecular complexity index is 1250. The molecule has 0 aliphatic carbocycles. The van der Waals surface area contributed by atoms with E-state index in [0.29, 0.717) is 29.1 Å². The van der Waals surface area contributed by atoms with Crippen molar-refractivity contribution in [3.05, 3.63) is 52.3 Å². The maximum atomic E-state index is 13.2. The molecule has 3 N–H and O–H groups in total. The van der Waals surface area contributed by atoms with Gasteiger partial charge >= 0.3 is 0 Å². The maximum absolute atomic E-state index is 13.2. The van der Waals surface area contributed by atoms with Gasteiger partial charge in [-0.05, 0) is 54.7 Å². The van der Waals surface area contributed by atoms with E-state index in [-0.39, 0.29) is 48.2 Å². The molecule has 2 heterocycles. The molecule has 0 aliphatic rings. The quantitative estimate of drug-likeness (QED) is 0.443. The molecule has 33 heavy (non-hydrogen) atoms. The predicted octanol–water partition coefficient (Wildman–Crippen LogP) is 1.62. The molecule has 0 atom stereocenters. The Hall–Kier alpha value is -3.53. The summed E-state index contributed by atoms with van der Waals surface area (Å²) in [6.45, 7) is 9.96. The molecule has 176 valence electrons. The lowest BCUT2D eigenvalue weighted by Crippen LogP contribution is -2.29. The number of aromatic nitrogens is 4. The summed E-state index contributed by atoms with van der Waals surface area (Å²) in [5, 5.41) is 28.8. The Labute approximate surface area is 191 Å². The van der Waals surface area contributed by atoms with Gasteiger partial charge in [0.15, 0.2) is 11.4 Å². The van der Waals surface area contributed by atoms with Gasteiger partial charge in [-0.25, -0.2) is 4.68 Å². The van der Waals surface area contributed by atoms with Gasteiger partial charge < -0.3 is 15.2 Å². The van der Waals surface area contributed by atoms with Crippen molar-refractivity contribution in [1.82, 2.24) is 24.7 Å². The maximum Gasteiger partial charge on any atom is 0.271 e. The van der Waals surface area contributed by atoms with E-state index < -0.39 is 0 Å². The molecule has 3 aromatic rings. The van der Waals surface area contributed by atoms with Crippen molar-refractivity contribution in [1.29, 1.82) is 5.41 Å². The first kappa shape index (κ1) is 24.1. The topological polar surface area (TPSA) is 135 Å². The number of carbonyl (C=O) groups excluding carboxylic acids is 2.